The van der Waals surface area contributed by atoms with Crippen LogP contribution >= 0.6 is 0 Å². The first-order chi connectivity index (χ1) is 29.5. The first-order valence-corrected chi connectivity index (χ1v) is 22.3. The average molecular weight is 803 g/mol. The van der Waals surface area contributed by atoms with Crippen LogP contribution in [-0.4, -0.2) is 7.11 Å². The van der Waals surface area contributed by atoms with E-state index in [9.17, 15) is 4.39 Å². The lowest BCUT2D eigenvalue weighted by Gasteiger charge is -2.38. The molecular weight excluding hydrogens is 748 g/mol. The Bertz CT molecular complexity index is 2850. The molecule has 1 heterocycles. The molecule has 3 aliphatic rings. The predicted octanol–water partition coefficient (Wildman–Crippen LogP) is 15.4. The lowest BCUT2D eigenvalue weighted by atomic mass is 9.66. The molecule has 3 heteroatoms. The fraction of sp³-hybridized carbons (Fsp3) is 0.276. The smallest absolute Gasteiger partial charge is 0.178 e. The summed E-state index contributed by atoms with van der Waals surface area (Å²) in [7, 11) is 1.67. The maximum absolute atomic E-state index is 14.4. The topological polar surface area (TPSA) is 18.5 Å². The van der Waals surface area contributed by atoms with Crippen LogP contribution in [0.15, 0.2) is 140 Å². The van der Waals surface area contributed by atoms with E-state index in [0.29, 0.717) is 11.8 Å². The molecule has 0 amide bonds. The van der Waals surface area contributed by atoms with Gasteiger partial charge in [-0.15, -0.1) is 0 Å². The van der Waals surface area contributed by atoms with Gasteiger partial charge in [0.25, 0.3) is 0 Å². The minimum absolute atomic E-state index is 0.0156. The summed E-state index contributed by atoms with van der Waals surface area (Å²) in [6.07, 6.45) is 9.08. The highest BCUT2D eigenvalue weighted by atomic mass is 19.1. The highest BCUT2D eigenvalue weighted by Gasteiger charge is 2.46. The van der Waals surface area contributed by atoms with Crippen molar-refractivity contribution >= 4 is 16.8 Å². The second-order valence-electron chi connectivity index (χ2n) is 18.7. The third-order valence-corrected chi connectivity index (χ3v) is 14.7. The molecule has 2 aliphatic carbocycles. The molecule has 0 aromatic heterocycles. The van der Waals surface area contributed by atoms with Gasteiger partial charge in [0.15, 0.2) is 5.60 Å². The maximum Gasteiger partial charge on any atom is 0.178 e. The fourth-order valence-corrected chi connectivity index (χ4v) is 11.3. The summed E-state index contributed by atoms with van der Waals surface area (Å²) in [6, 6.07) is 47.1. The number of halogens is 1. The van der Waals surface area contributed by atoms with Gasteiger partial charge in [0.1, 0.15) is 17.3 Å². The SMILES string of the molecule is CCC(C)CC1(CC(C)CC)c2ccccc2-c2ccc(-c3ccc4c(c3)C(C)(C)c3c5c(c6ccccc6c3-4)OC(c3ccc(F)cc3)(c3ccc(OC)cc3)C=C5)cc21. The Morgan fingerprint density at radius 1 is 0.623 bits per heavy atom. The highest BCUT2D eigenvalue weighted by Crippen LogP contribution is 2.60. The molecule has 0 bridgehead atoms. The molecule has 7 aromatic carbocycles. The zero-order valence-electron chi connectivity index (χ0n) is 36.5. The predicted molar refractivity (Wildman–Crippen MR) is 251 cm³/mol. The van der Waals surface area contributed by atoms with E-state index in [-0.39, 0.29) is 16.6 Å². The zero-order chi connectivity index (χ0) is 42.3. The summed E-state index contributed by atoms with van der Waals surface area (Å²) < 4.78 is 27.4. The van der Waals surface area contributed by atoms with Crippen molar-refractivity contribution in [3.05, 3.63) is 184 Å². The molecule has 306 valence electrons. The Morgan fingerprint density at radius 2 is 1.20 bits per heavy atom. The van der Waals surface area contributed by atoms with Gasteiger partial charge >= 0.3 is 0 Å². The molecular formula is C58H55FO2. The Morgan fingerprint density at radius 3 is 1.85 bits per heavy atom. The average Bonchev–Trinajstić information content (AvgIpc) is 3.70. The minimum Gasteiger partial charge on any atom is -0.497 e. The number of hydrogen-bond acceptors (Lipinski definition) is 2. The normalized spacial score (nSPS) is 19.9. The quantitative estimate of drug-likeness (QED) is 0.137. The van der Waals surface area contributed by atoms with Crippen molar-refractivity contribution < 1.29 is 13.9 Å². The van der Waals surface area contributed by atoms with E-state index >= 15 is 0 Å². The number of rotatable bonds is 10. The van der Waals surface area contributed by atoms with E-state index in [1.54, 1.807) is 7.11 Å². The summed E-state index contributed by atoms with van der Waals surface area (Å²) in [5.41, 5.74) is 15.0. The molecule has 0 saturated heterocycles. The van der Waals surface area contributed by atoms with Crippen molar-refractivity contribution in [3.63, 3.8) is 0 Å². The molecule has 1 aliphatic heterocycles. The summed E-state index contributed by atoms with van der Waals surface area (Å²) in [5, 5.41) is 2.23. The van der Waals surface area contributed by atoms with Crippen molar-refractivity contribution in [2.75, 3.05) is 7.11 Å². The van der Waals surface area contributed by atoms with Gasteiger partial charge in [-0.25, -0.2) is 4.39 Å². The molecule has 7 aromatic rings. The van der Waals surface area contributed by atoms with Crippen LogP contribution in [0, 0.1) is 17.7 Å². The van der Waals surface area contributed by atoms with E-state index in [0.717, 1.165) is 46.4 Å². The van der Waals surface area contributed by atoms with Crippen LogP contribution in [0.25, 0.3) is 50.2 Å². The van der Waals surface area contributed by atoms with E-state index < -0.39 is 5.60 Å². The number of fused-ring (bicyclic) bond motifs is 11. The van der Waals surface area contributed by atoms with Crippen LogP contribution in [0.1, 0.15) is 106 Å². The second kappa shape index (κ2) is 14.6. The third kappa shape index (κ3) is 5.94. The van der Waals surface area contributed by atoms with Gasteiger partial charge in [-0.1, -0.05) is 158 Å². The van der Waals surface area contributed by atoms with Gasteiger partial charge < -0.3 is 9.47 Å². The van der Waals surface area contributed by atoms with Gasteiger partial charge in [-0.2, -0.15) is 0 Å². The lowest BCUT2D eigenvalue weighted by molar-refractivity contribution is 0.163. The molecule has 2 nitrogen and oxygen atoms in total. The van der Waals surface area contributed by atoms with Crippen molar-refractivity contribution in [2.45, 2.75) is 83.7 Å². The van der Waals surface area contributed by atoms with Gasteiger partial charge in [0.05, 0.1) is 7.11 Å². The van der Waals surface area contributed by atoms with Crippen molar-refractivity contribution in [3.8, 4) is 44.9 Å². The van der Waals surface area contributed by atoms with E-state index in [4.69, 9.17) is 9.47 Å². The van der Waals surface area contributed by atoms with E-state index in [1.165, 1.54) is 86.0 Å². The molecule has 0 radical (unpaired) electrons. The van der Waals surface area contributed by atoms with Crippen LogP contribution in [0.2, 0.25) is 0 Å². The second-order valence-corrected chi connectivity index (χ2v) is 18.7. The minimum atomic E-state index is -0.987. The number of methoxy groups -OCH3 is 1. The van der Waals surface area contributed by atoms with Gasteiger partial charge in [-0.05, 0) is 128 Å². The molecule has 0 spiro atoms. The molecule has 0 saturated carbocycles. The molecule has 10 rings (SSSR count). The number of ether oxygens (including phenoxy) is 2. The summed E-state index contributed by atoms with van der Waals surface area (Å²) >= 11 is 0. The van der Waals surface area contributed by atoms with Gasteiger partial charge in [0.2, 0.25) is 0 Å². The van der Waals surface area contributed by atoms with Crippen LogP contribution in [0.5, 0.6) is 11.5 Å². The van der Waals surface area contributed by atoms with E-state index in [1.807, 2.05) is 36.4 Å². The number of benzene rings is 7. The number of hydrogen-bond donors (Lipinski definition) is 0. The van der Waals surface area contributed by atoms with Crippen LogP contribution in [0.3, 0.4) is 0 Å². The van der Waals surface area contributed by atoms with Crippen LogP contribution < -0.4 is 9.47 Å². The Labute approximate surface area is 361 Å². The van der Waals surface area contributed by atoms with Crippen molar-refractivity contribution in [1.29, 1.82) is 0 Å². The largest absolute Gasteiger partial charge is 0.497 e. The molecule has 0 N–H and O–H groups in total. The van der Waals surface area contributed by atoms with Gasteiger partial charge in [0, 0.05) is 32.9 Å². The summed E-state index contributed by atoms with van der Waals surface area (Å²) in [4.78, 5) is 0. The lowest BCUT2D eigenvalue weighted by Crippen LogP contribution is -2.35. The molecule has 3 unspecified atom stereocenters. The fourth-order valence-electron chi connectivity index (χ4n) is 11.3. The molecule has 61 heavy (non-hydrogen) atoms. The highest BCUT2D eigenvalue weighted by molar-refractivity contribution is 6.08. The first-order valence-electron chi connectivity index (χ1n) is 22.3. The van der Waals surface area contributed by atoms with Gasteiger partial charge in [-0.3, -0.25) is 0 Å². The monoisotopic (exact) mass is 802 g/mol. The Balaban J connectivity index is 1.13. The Kier molecular flexibility index (Phi) is 9.40. The van der Waals surface area contributed by atoms with Crippen LogP contribution in [0.4, 0.5) is 4.39 Å². The third-order valence-electron chi connectivity index (χ3n) is 14.7. The standard InChI is InChI=1S/C58H55FO2/c1-8-36(3)34-57(35-37(4)9-2)50-17-13-12-14-44(50)45-28-18-39(33-52(45)57)38-19-29-48-51(32-38)56(5,6)54-49-30-31-58(40-20-24-42(59)25-21-40,41-22-26-43(60-7)27-23-41)61-55(49)47-16-11-10-15-46(47)53(48)54/h10-33,36-37H,8-9,34-35H2,1-7H3. The zero-order valence-corrected chi connectivity index (χ0v) is 36.5. The van der Waals surface area contributed by atoms with Crippen molar-refractivity contribution in [1.82, 2.24) is 0 Å². The van der Waals surface area contributed by atoms with E-state index in [2.05, 4.69) is 139 Å². The molecule has 3 atom stereocenters. The summed E-state index contributed by atoms with van der Waals surface area (Å²) in [5.74, 6) is 2.55. The Hall–Kier alpha value is -5.93. The molecule has 0 fully saturated rings. The van der Waals surface area contributed by atoms with Crippen LogP contribution in [-0.2, 0) is 16.4 Å². The first kappa shape index (κ1) is 39.2. The summed E-state index contributed by atoms with van der Waals surface area (Å²) in [6.45, 7) is 14.3. The van der Waals surface area contributed by atoms with Crippen molar-refractivity contribution in [2.24, 2.45) is 11.8 Å². The maximum atomic E-state index is 14.4.